The van der Waals surface area contributed by atoms with Crippen LogP contribution in [0.2, 0.25) is 0 Å². The van der Waals surface area contributed by atoms with Crippen molar-refractivity contribution in [3.05, 3.63) is 0 Å². The molecule has 0 saturated heterocycles. The molecule has 0 aliphatic heterocycles. The molecule has 0 rings (SSSR count). The van der Waals surface area contributed by atoms with Crippen LogP contribution in [0.15, 0.2) is 0 Å². The Labute approximate surface area is 85.1 Å². The fourth-order valence-electron chi connectivity index (χ4n) is 2.33. The third kappa shape index (κ3) is 6.12. The van der Waals surface area contributed by atoms with Crippen LogP contribution in [0.4, 0.5) is 0 Å². The van der Waals surface area contributed by atoms with Gasteiger partial charge in [-0.25, -0.2) is 0 Å². The van der Waals surface area contributed by atoms with Gasteiger partial charge in [-0.2, -0.15) is 0 Å². The molecule has 0 bridgehead atoms. The van der Waals surface area contributed by atoms with Crippen LogP contribution in [-0.4, -0.2) is 0 Å². The molecule has 0 heteroatoms. The zero-order valence-electron chi connectivity index (χ0n) is 10.4. The molecule has 13 heavy (non-hydrogen) atoms. The summed E-state index contributed by atoms with van der Waals surface area (Å²) < 4.78 is 0. The molecule has 0 amide bonds. The third-order valence-corrected chi connectivity index (χ3v) is 3.05. The molecule has 0 saturated carbocycles. The molecular weight excluding hydrogens is 156 g/mol. The average molecular weight is 184 g/mol. The van der Waals surface area contributed by atoms with Gasteiger partial charge in [0.1, 0.15) is 0 Å². The highest BCUT2D eigenvalue weighted by molar-refractivity contribution is 4.66. The van der Waals surface area contributed by atoms with Crippen molar-refractivity contribution in [2.75, 3.05) is 0 Å². The molecule has 0 aromatic carbocycles. The Morgan fingerprint density at radius 3 is 1.69 bits per heavy atom. The lowest BCUT2D eigenvalue weighted by Crippen LogP contribution is -2.13. The highest BCUT2D eigenvalue weighted by Gasteiger charge is 2.15. The van der Waals surface area contributed by atoms with Crippen molar-refractivity contribution in [3.63, 3.8) is 0 Å². The molecule has 0 nitrogen and oxygen atoms in total. The molecule has 0 radical (unpaired) electrons. The van der Waals surface area contributed by atoms with Crippen LogP contribution in [0.1, 0.15) is 60.8 Å². The van der Waals surface area contributed by atoms with Gasteiger partial charge in [-0.15, -0.1) is 0 Å². The van der Waals surface area contributed by atoms with Crippen molar-refractivity contribution in [1.29, 1.82) is 0 Å². The second-order valence-electron chi connectivity index (χ2n) is 5.38. The lowest BCUT2D eigenvalue weighted by molar-refractivity contribution is 0.275. The van der Waals surface area contributed by atoms with Gasteiger partial charge in [0.05, 0.1) is 0 Å². The van der Waals surface area contributed by atoms with Crippen molar-refractivity contribution in [3.8, 4) is 0 Å². The van der Waals surface area contributed by atoms with Crippen molar-refractivity contribution in [2.45, 2.75) is 60.8 Å². The minimum absolute atomic E-state index is 0.861. The summed E-state index contributed by atoms with van der Waals surface area (Å²) in [5.74, 6) is 3.57. The van der Waals surface area contributed by atoms with E-state index < -0.39 is 0 Å². The molecule has 2 atom stereocenters. The Hall–Kier alpha value is 0. The van der Waals surface area contributed by atoms with E-state index in [0.29, 0.717) is 0 Å². The minimum atomic E-state index is 0.861. The predicted molar refractivity (Wildman–Crippen MR) is 61.9 cm³/mol. The maximum absolute atomic E-state index is 2.41. The van der Waals surface area contributed by atoms with Gasteiger partial charge < -0.3 is 0 Å². The second kappa shape index (κ2) is 6.45. The minimum Gasteiger partial charge on any atom is -0.0651 e. The molecule has 0 aliphatic rings. The van der Waals surface area contributed by atoms with Gasteiger partial charge in [0.25, 0.3) is 0 Å². The summed E-state index contributed by atoms with van der Waals surface area (Å²) in [5, 5.41) is 0. The molecule has 0 N–H and O–H groups in total. The first-order chi connectivity index (χ1) is 5.97. The quantitative estimate of drug-likeness (QED) is 0.559. The second-order valence-corrected chi connectivity index (χ2v) is 5.38. The lowest BCUT2D eigenvalue weighted by atomic mass is 9.82. The van der Waals surface area contributed by atoms with Crippen molar-refractivity contribution in [1.82, 2.24) is 0 Å². The molecular formula is C13H28. The van der Waals surface area contributed by atoms with E-state index in [9.17, 15) is 0 Å². The molecule has 0 aromatic rings. The third-order valence-electron chi connectivity index (χ3n) is 3.05. The van der Waals surface area contributed by atoms with E-state index >= 15 is 0 Å². The molecule has 80 valence electrons. The summed E-state index contributed by atoms with van der Waals surface area (Å²) in [5.41, 5.74) is 0. The Morgan fingerprint density at radius 2 is 1.38 bits per heavy atom. The van der Waals surface area contributed by atoms with E-state index in [1.807, 2.05) is 0 Å². The van der Waals surface area contributed by atoms with Gasteiger partial charge in [0.2, 0.25) is 0 Å². The summed E-state index contributed by atoms with van der Waals surface area (Å²) in [6.07, 6.45) is 4.16. The maximum atomic E-state index is 2.41. The van der Waals surface area contributed by atoms with E-state index in [0.717, 1.165) is 23.7 Å². The van der Waals surface area contributed by atoms with Crippen molar-refractivity contribution in [2.24, 2.45) is 23.7 Å². The summed E-state index contributed by atoms with van der Waals surface area (Å²) in [6.45, 7) is 14.1. The SMILES string of the molecule is CCC(CC(C)CC(C)C)C(C)C. The van der Waals surface area contributed by atoms with E-state index in [-0.39, 0.29) is 0 Å². The Balaban J connectivity index is 3.79. The maximum Gasteiger partial charge on any atom is -0.0391 e. The van der Waals surface area contributed by atoms with Crippen LogP contribution in [0.3, 0.4) is 0 Å². The monoisotopic (exact) mass is 184 g/mol. The average Bonchev–Trinajstić information content (AvgIpc) is 1.98. The Bertz CT molecular complexity index is 113. The van der Waals surface area contributed by atoms with E-state index in [1.165, 1.54) is 19.3 Å². The van der Waals surface area contributed by atoms with Gasteiger partial charge in [-0.05, 0) is 36.5 Å². The highest BCUT2D eigenvalue weighted by Crippen LogP contribution is 2.26. The summed E-state index contributed by atoms with van der Waals surface area (Å²) in [7, 11) is 0. The van der Waals surface area contributed by atoms with E-state index in [2.05, 4.69) is 41.5 Å². The smallest absolute Gasteiger partial charge is 0.0391 e. The fraction of sp³-hybridized carbons (Fsp3) is 1.00. The topological polar surface area (TPSA) is 0 Å². The Kier molecular flexibility index (Phi) is 6.45. The van der Waals surface area contributed by atoms with Crippen LogP contribution >= 0.6 is 0 Å². The number of rotatable bonds is 6. The van der Waals surface area contributed by atoms with Crippen LogP contribution < -0.4 is 0 Å². The number of hydrogen-bond donors (Lipinski definition) is 0. The number of hydrogen-bond acceptors (Lipinski definition) is 0. The van der Waals surface area contributed by atoms with Crippen LogP contribution in [0.5, 0.6) is 0 Å². The fourth-order valence-corrected chi connectivity index (χ4v) is 2.33. The molecule has 2 unspecified atom stereocenters. The predicted octanol–water partition coefficient (Wildman–Crippen LogP) is 4.74. The molecule has 0 spiro atoms. The molecule has 0 aliphatic carbocycles. The first kappa shape index (κ1) is 13.0. The zero-order chi connectivity index (χ0) is 10.4. The van der Waals surface area contributed by atoms with Gasteiger partial charge in [0, 0.05) is 0 Å². The van der Waals surface area contributed by atoms with Crippen LogP contribution in [0.25, 0.3) is 0 Å². The standard InChI is InChI=1S/C13H28/c1-7-13(11(4)5)9-12(6)8-10(2)3/h10-13H,7-9H2,1-6H3. The van der Waals surface area contributed by atoms with Gasteiger partial charge in [-0.1, -0.05) is 48.0 Å². The molecule has 0 fully saturated rings. The van der Waals surface area contributed by atoms with Gasteiger partial charge in [0.15, 0.2) is 0 Å². The van der Waals surface area contributed by atoms with Crippen molar-refractivity contribution < 1.29 is 0 Å². The molecule has 0 aromatic heterocycles. The largest absolute Gasteiger partial charge is 0.0651 e. The normalized spacial score (nSPS) is 16.6. The van der Waals surface area contributed by atoms with Gasteiger partial charge >= 0.3 is 0 Å². The van der Waals surface area contributed by atoms with E-state index in [1.54, 1.807) is 0 Å². The van der Waals surface area contributed by atoms with E-state index in [4.69, 9.17) is 0 Å². The first-order valence-corrected chi connectivity index (χ1v) is 5.97. The first-order valence-electron chi connectivity index (χ1n) is 5.97. The summed E-state index contributed by atoms with van der Waals surface area (Å²) in [4.78, 5) is 0. The van der Waals surface area contributed by atoms with Gasteiger partial charge in [-0.3, -0.25) is 0 Å². The molecule has 0 heterocycles. The summed E-state index contributed by atoms with van der Waals surface area (Å²) >= 11 is 0. The van der Waals surface area contributed by atoms with Crippen molar-refractivity contribution >= 4 is 0 Å². The lowest BCUT2D eigenvalue weighted by Gasteiger charge is -2.23. The van der Waals surface area contributed by atoms with Crippen LogP contribution in [-0.2, 0) is 0 Å². The zero-order valence-corrected chi connectivity index (χ0v) is 10.4. The van der Waals surface area contributed by atoms with Crippen LogP contribution in [0, 0.1) is 23.7 Å². The Morgan fingerprint density at radius 1 is 0.846 bits per heavy atom. The summed E-state index contributed by atoms with van der Waals surface area (Å²) in [6, 6.07) is 0. The highest BCUT2D eigenvalue weighted by atomic mass is 14.2.